The lowest BCUT2D eigenvalue weighted by Gasteiger charge is -2.09. The van der Waals surface area contributed by atoms with E-state index < -0.39 is 17.5 Å². The second-order valence-electron chi connectivity index (χ2n) is 6.43. The highest BCUT2D eigenvalue weighted by Crippen LogP contribution is 2.32. The Balaban J connectivity index is 1.87. The van der Waals surface area contributed by atoms with Gasteiger partial charge in [0.1, 0.15) is 17.2 Å². The summed E-state index contributed by atoms with van der Waals surface area (Å²) in [5, 5.41) is 3.27. The molecule has 2 aromatic carbocycles. The Hall–Kier alpha value is -2.96. The van der Waals surface area contributed by atoms with Gasteiger partial charge in [-0.1, -0.05) is 29.3 Å². The molecular formula is C21H13Cl2F2N3O. The number of hydrogen-bond donors (Lipinski definition) is 1. The van der Waals surface area contributed by atoms with Crippen molar-refractivity contribution in [1.82, 2.24) is 9.38 Å². The zero-order valence-electron chi connectivity index (χ0n) is 15.0. The summed E-state index contributed by atoms with van der Waals surface area (Å²) in [5.74, 6) is -2.33. The first-order valence-corrected chi connectivity index (χ1v) is 9.30. The van der Waals surface area contributed by atoms with Crippen molar-refractivity contribution in [3.63, 3.8) is 0 Å². The van der Waals surface area contributed by atoms with Crippen LogP contribution in [-0.2, 0) is 0 Å². The molecule has 4 rings (SSSR count). The van der Waals surface area contributed by atoms with Gasteiger partial charge in [0.25, 0.3) is 5.91 Å². The molecule has 0 aliphatic rings. The minimum absolute atomic E-state index is 0.0595. The van der Waals surface area contributed by atoms with Crippen LogP contribution in [0.2, 0.25) is 10.0 Å². The van der Waals surface area contributed by atoms with Crippen molar-refractivity contribution in [2.75, 3.05) is 5.32 Å². The minimum atomic E-state index is -1.04. The van der Waals surface area contributed by atoms with Crippen molar-refractivity contribution >= 4 is 40.6 Å². The van der Waals surface area contributed by atoms with Gasteiger partial charge >= 0.3 is 0 Å². The second-order valence-corrected chi connectivity index (χ2v) is 7.24. The maximum atomic E-state index is 14.5. The summed E-state index contributed by atoms with van der Waals surface area (Å²) in [4.78, 5) is 17.2. The molecule has 0 aliphatic heterocycles. The smallest absolute Gasteiger partial charge is 0.256 e. The Labute approximate surface area is 174 Å². The van der Waals surface area contributed by atoms with Gasteiger partial charge in [-0.25, -0.2) is 13.8 Å². The number of carbonyl (C=O) groups excluding carboxylic acids is 1. The maximum absolute atomic E-state index is 14.5. The van der Waals surface area contributed by atoms with Gasteiger partial charge in [0.05, 0.1) is 10.0 Å². The predicted octanol–water partition coefficient (Wildman–Crippen LogP) is 6.15. The highest BCUT2D eigenvalue weighted by atomic mass is 35.5. The number of amides is 1. The summed E-state index contributed by atoms with van der Waals surface area (Å²) in [6.45, 7) is 1.88. The molecule has 1 amide bonds. The van der Waals surface area contributed by atoms with Gasteiger partial charge in [-0.15, -0.1) is 0 Å². The average molecular weight is 432 g/mol. The number of halogens is 4. The minimum Gasteiger partial charge on any atom is -0.306 e. The van der Waals surface area contributed by atoms with Gasteiger partial charge in [-0.05, 0) is 55.0 Å². The first-order chi connectivity index (χ1) is 13.8. The molecule has 0 spiro atoms. The summed E-state index contributed by atoms with van der Waals surface area (Å²) in [7, 11) is 0. The summed E-state index contributed by atoms with van der Waals surface area (Å²) in [6, 6.07) is 11.8. The molecule has 0 saturated carbocycles. The Bertz CT molecular complexity index is 1270. The maximum Gasteiger partial charge on any atom is 0.256 e. The summed E-state index contributed by atoms with van der Waals surface area (Å²) < 4.78 is 29.9. The third-order valence-corrected chi connectivity index (χ3v) is 5.14. The number of nitrogens with zero attached hydrogens (tertiary/aromatic N) is 2. The van der Waals surface area contributed by atoms with Gasteiger partial charge < -0.3 is 5.32 Å². The number of aromatic nitrogens is 2. The topological polar surface area (TPSA) is 46.4 Å². The molecule has 1 N–H and O–H groups in total. The van der Waals surface area contributed by atoms with E-state index in [1.54, 1.807) is 16.7 Å². The van der Waals surface area contributed by atoms with E-state index in [0.29, 0.717) is 10.7 Å². The van der Waals surface area contributed by atoms with E-state index in [1.165, 1.54) is 30.3 Å². The third kappa shape index (κ3) is 3.57. The molecule has 2 aromatic heterocycles. The van der Waals surface area contributed by atoms with Crippen LogP contribution in [0.3, 0.4) is 0 Å². The van der Waals surface area contributed by atoms with E-state index in [-0.39, 0.29) is 27.7 Å². The molecule has 0 bridgehead atoms. The second kappa shape index (κ2) is 7.46. The van der Waals surface area contributed by atoms with Gasteiger partial charge in [0.15, 0.2) is 11.6 Å². The number of hydrogen-bond acceptors (Lipinski definition) is 2. The monoisotopic (exact) mass is 431 g/mol. The Kier molecular flexibility index (Phi) is 4.98. The number of pyridine rings is 1. The molecule has 146 valence electrons. The van der Waals surface area contributed by atoms with E-state index >= 15 is 0 Å². The largest absolute Gasteiger partial charge is 0.306 e. The van der Waals surface area contributed by atoms with E-state index in [9.17, 15) is 13.6 Å². The van der Waals surface area contributed by atoms with E-state index in [2.05, 4.69) is 10.3 Å². The fraction of sp³-hybridized carbons (Fsp3) is 0.0476. The van der Waals surface area contributed by atoms with Crippen LogP contribution in [0.15, 0.2) is 54.7 Å². The molecule has 0 unspecified atom stereocenters. The summed E-state index contributed by atoms with van der Waals surface area (Å²) in [6.07, 6.45) is 1.70. The molecule has 2 heterocycles. The van der Waals surface area contributed by atoms with Crippen LogP contribution < -0.4 is 5.32 Å². The third-order valence-electron chi connectivity index (χ3n) is 4.40. The average Bonchev–Trinajstić information content (AvgIpc) is 3.03. The van der Waals surface area contributed by atoms with Crippen molar-refractivity contribution in [3.8, 4) is 11.3 Å². The van der Waals surface area contributed by atoms with E-state index in [1.807, 2.05) is 13.0 Å². The number of fused-ring (bicyclic) bond motifs is 1. The van der Waals surface area contributed by atoms with Gasteiger partial charge in [-0.2, -0.15) is 0 Å². The Morgan fingerprint density at radius 3 is 2.62 bits per heavy atom. The number of aryl methyl sites for hydroxylation is 1. The van der Waals surface area contributed by atoms with Crippen molar-refractivity contribution in [2.45, 2.75) is 6.92 Å². The highest BCUT2D eigenvalue weighted by Gasteiger charge is 2.21. The Morgan fingerprint density at radius 2 is 1.86 bits per heavy atom. The number of anilines is 1. The Morgan fingerprint density at radius 1 is 1.07 bits per heavy atom. The number of carbonyl (C=O) groups is 1. The molecule has 29 heavy (non-hydrogen) atoms. The quantitative estimate of drug-likeness (QED) is 0.422. The van der Waals surface area contributed by atoms with Crippen molar-refractivity contribution in [2.24, 2.45) is 0 Å². The molecule has 4 aromatic rings. The van der Waals surface area contributed by atoms with Crippen molar-refractivity contribution < 1.29 is 13.6 Å². The summed E-state index contributed by atoms with van der Waals surface area (Å²) in [5.41, 5.74) is 1.72. The van der Waals surface area contributed by atoms with Crippen molar-refractivity contribution in [1.29, 1.82) is 0 Å². The number of benzene rings is 2. The predicted molar refractivity (Wildman–Crippen MR) is 110 cm³/mol. The molecule has 4 nitrogen and oxygen atoms in total. The van der Waals surface area contributed by atoms with Crippen LogP contribution in [0.5, 0.6) is 0 Å². The number of nitrogens with one attached hydrogen (secondary N) is 1. The van der Waals surface area contributed by atoms with E-state index in [0.717, 1.165) is 11.6 Å². The SMILES string of the molecule is Cc1ccn2c(NC(=O)c3ccc(Cl)c(Cl)c3)c(-c3cccc(F)c3F)nc2c1. The standard InChI is InChI=1S/C21H13Cl2F2N3O/c1-11-7-8-28-17(9-11)26-19(13-3-2-4-16(24)18(13)25)20(28)27-21(29)12-5-6-14(22)15(23)10-12/h2-10H,1H3,(H,27,29). The first-order valence-electron chi connectivity index (χ1n) is 8.54. The first kappa shape index (κ1) is 19.4. The zero-order chi connectivity index (χ0) is 20.7. The zero-order valence-corrected chi connectivity index (χ0v) is 16.5. The normalized spacial score (nSPS) is 11.1. The molecular weight excluding hydrogens is 419 g/mol. The van der Waals surface area contributed by atoms with E-state index in [4.69, 9.17) is 23.2 Å². The molecule has 0 atom stereocenters. The lowest BCUT2D eigenvalue weighted by molar-refractivity contribution is 0.102. The molecule has 0 fully saturated rings. The molecule has 0 radical (unpaired) electrons. The lowest BCUT2D eigenvalue weighted by atomic mass is 10.1. The summed E-state index contributed by atoms with van der Waals surface area (Å²) >= 11 is 11.9. The molecule has 8 heteroatoms. The van der Waals surface area contributed by atoms with Crippen molar-refractivity contribution in [3.05, 3.63) is 87.5 Å². The fourth-order valence-corrected chi connectivity index (χ4v) is 3.26. The van der Waals surface area contributed by atoms with Crippen LogP contribution in [0.25, 0.3) is 16.9 Å². The van der Waals surface area contributed by atoms with Gasteiger partial charge in [0.2, 0.25) is 0 Å². The molecule has 0 saturated heterocycles. The number of rotatable bonds is 3. The highest BCUT2D eigenvalue weighted by molar-refractivity contribution is 6.42. The van der Waals surface area contributed by atoms with Gasteiger partial charge in [-0.3, -0.25) is 9.20 Å². The van der Waals surface area contributed by atoms with Crippen LogP contribution in [0.1, 0.15) is 15.9 Å². The van der Waals surface area contributed by atoms with Crippen LogP contribution in [0, 0.1) is 18.6 Å². The molecule has 0 aliphatic carbocycles. The van der Waals surface area contributed by atoms with Crippen LogP contribution in [0.4, 0.5) is 14.6 Å². The number of imidazole rings is 1. The van der Waals surface area contributed by atoms with Gasteiger partial charge in [0, 0.05) is 17.3 Å². The fourth-order valence-electron chi connectivity index (χ4n) is 2.96. The van der Waals surface area contributed by atoms with Crippen LogP contribution in [-0.4, -0.2) is 15.3 Å². The lowest BCUT2D eigenvalue weighted by Crippen LogP contribution is -2.14. The van der Waals surface area contributed by atoms with Crippen LogP contribution >= 0.6 is 23.2 Å².